The van der Waals surface area contributed by atoms with E-state index in [4.69, 9.17) is 0 Å². The number of hydrogen-bond acceptors (Lipinski definition) is 2. The molecule has 1 N–H and O–H groups in total. The molecule has 0 saturated heterocycles. The minimum absolute atomic E-state index is 0.00541. The second-order valence-electron chi connectivity index (χ2n) is 13.7. The van der Waals surface area contributed by atoms with Crippen LogP contribution in [0.4, 0.5) is 0 Å². The molecule has 0 spiro atoms. The number of nitrogens with one attached hydrogen (secondary N) is 1. The van der Waals surface area contributed by atoms with E-state index in [0.717, 1.165) is 23.5 Å². The van der Waals surface area contributed by atoms with Crippen LogP contribution in [0, 0.1) is 12.8 Å². The van der Waals surface area contributed by atoms with Gasteiger partial charge in [-0.2, -0.15) is 0 Å². The van der Waals surface area contributed by atoms with Crippen molar-refractivity contribution in [2.75, 3.05) is 0 Å². The molecule has 0 aliphatic heterocycles. The Labute approximate surface area is 215 Å². The van der Waals surface area contributed by atoms with Crippen molar-refractivity contribution in [3.63, 3.8) is 0 Å². The molecule has 0 amide bonds. The van der Waals surface area contributed by atoms with Gasteiger partial charge < -0.3 is 4.57 Å². The highest BCUT2D eigenvalue weighted by Crippen LogP contribution is 2.37. The fourth-order valence-corrected chi connectivity index (χ4v) is 6.78. The molecule has 1 heterocycles. The first-order valence-electron chi connectivity index (χ1n) is 13.3. The SMILES string of the molecule is Cc1c(S(=O)(=O)NC(C)(C)C)cc(-c2cc(C(C)(C)C)cc(C(C)(C)C)c2)n1CC1CCCCC1. The summed E-state index contributed by atoms with van der Waals surface area (Å²) in [7, 11) is -3.65. The lowest BCUT2D eigenvalue weighted by Gasteiger charge is -2.27. The monoisotopic (exact) mass is 500 g/mol. The third-order valence-electron chi connectivity index (χ3n) is 7.18. The smallest absolute Gasteiger partial charge is 0.242 e. The van der Waals surface area contributed by atoms with Gasteiger partial charge in [-0.15, -0.1) is 0 Å². The Kier molecular flexibility index (Phi) is 7.76. The van der Waals surface area contributed by atoms with Crippen LogP contribution < -0.4 is 4.72 Å². The number of nitrogens with zero attached hydrogens (tertiary/aromatic N) is 1. The van der Waals surface area contributed by atoms with E-state index in [-0.39, 0.29) is 10.8 Å². The van der Waals surface area contributed by atoms with Gasteiger partial charge in [0.1, 0.15) is 4.90 Å². The lowest BCUT2D eigenvalue weighted by Crippen LogP contribution is -2.40. The van der Waals surface area contributed by atoms with E-state index in [1.165, 1.54) is 43.2 Å². The van der Waals surface area contributed by atoms with E-state index in [1.807, 2.05) is 33.8 Å². The van der Waals surface area contributed by atoms with Gasteiger partial charge in [0, 0.05) is 23.5 Å². The largest absolute Gasteiger partial charge is 0.343 e. The molecule has 0 unspecified atom stereocenters. The van der Waals surface area contributed by atoms with Crippen molar-refractivity contribution in [3.8, 4) is 11.3 Å². The van der Waals surface area contributed by atoms with Crippen LogP contribution in [0.1, 0.15) is 111 Å². The van der Waals surface area contributed by atoms with E-state index < -0.39 is 15.6 Å². The van der Waals surface area contributed by atoms with Crippen molar-refractivity contribution >= 4 is 10.0 Å². The third-order valence-corrected chi connectivity index (χ3v) is 9.05. The maximum Gasteiger partial charge on any atom is 0.242 e. The highest BCUT2D eigenvalue weighted by Gasteiger charge is 2.29. The highest BCUT2D eigenvalue weighted by atomic mass is 32.2. The molecule has 35 heavy (non-hydrogen) atoms. The van der Waals surface area contributed by atoms with Crippen LogP contribution in [-0.4, -0.2) is 18.5 Å². The molecule has 1 fully saturated rings. The van der Waals surface area contributed by atoms with Crippen LogP contribution >= 0.6 is 0 Å². The molecular weight excluding hydrogens is 452 g/mol. The quantitative estimate of drug-likeness (QED) is 0.457. The Morgan fingerprint density at radius 2 is 1.34 bits per heavy atom. The van der Waals surface area contributed by atoms with Gasteiger partial charge in [0.25, 0.3) is 0 Å². The van der Waals surface area contributed by atoms with Crippen molar-refractivity contribution in [1.29, 1.82) is 0 Å². The first-order chi connectivity index (χ1) is 15.9. The van der Waals surface area contributed by atoms with E-state index >= 15 is 0 Å². The molecule has 1 aliphatic carbocycles. The van der Waals surface area contributed by atoms with Crippen molar-refractivity contribution in [2.45, 2.75) is 129 Å². The summed E-state index contributed by atoms with van der Waals surface area (Å²) in [5, 5.41) is 0. The van der Waals surface area contributed by atoms with Gasteiger partial charge in [-0.25, -0.2) is 13.1 Å². The Balaban J connectivity index is 2.25. The van der Waals surface area contributed by atoms with Gasteiger partial charge in [0.2, 0.25) is 10.0 Å². The molecule has 1 saturated carbocycles. The summed E-state index contributed by atoms with van der Waals surface area (Å²) in [6.45, 7) is 22.0. The first-order valence-corrected chi connectivity index (χ1v) is 14.8. The molecule has 1 aromatic heterocycles. The minimum Gasteiger partial charge on any atom is -0.343 e. The van der Waals surface area contributed by atoms with Gasteiger partial charge >= 0.3 is 0 Å². The molecule has 0 radical (unpaired) electrons. The number of benzene rings is 1. The zero-order valence-electron chi connectivity index (χ0n) is 23.8. The Morgan fingerprint density at radius 3 is 1.80 bits per heavy atom. The van der Waals surface area contributed by atoms with Gasteiger partial charge in [-0.3, -0.25) is 0 Å². The second kappa shape index (κ2) is 9.70. The zero-order chi connectivity index (χ0) is 26.4. The lowest BCUT2D eigenvalue weighted by molar-refractivity contribution is 0.318. The number of sulfonamides is 1. The van der Waals surface area contributed by atoms with Crippen LogP contribution in [-0.2, 0) is 27.4 Å². The molecule has 3 rings (SSSR count). The first kappa shape index (κ1) is 28.0. The zero-order valence-corrected chi connectivity index (χ0v) is 24.6. The molecule has 0 atom stereocenters. The fraction of sp³-hybridized carbons (Fsp3) is 0.667. The Bertz CT molecular complexity index is 1110. The average Bonchev–Trinajstić information content (AvgIpc) is 3.02. The predicted octanol–water partition coefficient (Wildman–Crippen LogP) is 7.72. The van der Waals surface area contributed by atoms with Crippen LogP contribution in [0.25, 0.3) is 11.3 Å². The van der Waals surface area contributed by atoms with Crippen molar-refractivity contribution in [2.24, 2.45) is 5.92 Å². The van der Waals surface area contributed by atoms with E-state index in [1.54, 1.807) is 0 Å². The van der Waals surface area contributed by atoms with Crippen molar-refractivity contribution < 1.29 is 8.42 Å². The standard InChI is InChI=1S/C30H48N2O2S/c1-21-27(35(33,34)31-30(8,9)10)19-26(32(21)20-22-14-12-11-13-15-22)23-16-24(28(2,3)4)18-25(17-23)29(5,6)7/h16-19,22,31H,11-15,20H2,1-10H3. The summed E-state index contributed by atoms with van der Waals surface area (Å²) in [4.78, 5) is 0.400. The summed E-state index contributed by atoms with van der Waals surface area (Å²) >= 11 is 0. The molecule has 4 nitrogen and oxygen atoms in total. The average molecular weight is 501 g/mol. The predicted molar refractivity (Wildman–Crippen MR) is 149 cm³/mol. The van der Waals surface area contributed by atoms with Gasteiger partial charge in [-0.1, -0.05) is 66.9 Å². The van der Waals surface area contributed by atoms with Crippen molar-refractivity contribution in [1.82, 2.24) is 9.29 Å². The van der Waals surface area contributed by atoms with Gasteiger partial charge in [0.05, 0.1) is 0 Å². The molecule has 2 aromatic rings. The van der Waals surface area contributed by atoms with Crippen LogP contribution in [0.2, 0.25) is 0 Å². The second-order valence-corrected chi connectivity index (χ2v) is 15.4. The van der Waals surface area contributed by atoms with E-state index in [9.17, 15) is 8.42 Å². The summed E-state index contributed by atoms with van der Waals surface area (Å²) in [6, 6.07) is 8.79. The highest BCUT2D eigenvalue weighted by molar-refractivity contribution is 7.89. The lowest BCUT2D eigenvalue weighted by atomic mass is 9.79. The normalized spacial score (nSPS) is 16.6. The van der Waals surface area contributed by atoms with E-state index in [0.29, 0.717) is 10.8 Å². The summed E-state index contributed by atoms with van der Waals surface area (Å²) in [6.07, 6.45) is 6.28. The maximum absolute atomic E-state index is 13.5. The molecule has 5 heteroatoms. The summed E-state index contributed by atoms with van der Waals surface area (Å²) in [5.74, 6) is 0.590. The Morgan fingerprint density at radius 1 is 0.829 bits per heavy atom. The third kappa shape index (κ3) is 6.80. The molecule has 0 bridgehead atoms. The fourth-order valence-electron chi connectivity index (χ4n) is 5.09. The molecule has 196 valence electrons. The molecule has 1 aliphatic rings. The number of hydrogen-bond donors (Lipinski definition) is 1. The van der Waals surface area contributed by atoms with Gasteiger partial charge in [-0.05, 0) is 92.2 Å². The van der Waals surface area contributed by atoms with Crippen molar-refractivity contribution in [3.05, 3.63) is 41.1 Å². The van der Waals surface area contributed by atoms with Crippen LogP contribution in [0.3, 0.4) is 0 Å². The van der Waals surface area contributed by atoms with Crippen LogP contribution in [0.15, 0.2) is 29.2 Å². The van der Waals surface area contributed by atoms with Crippen LogP contribution in [0.5, 0.6) is 0 Å². The summed E-state index contributed by atoms with van der Waals surface area (Å²) in [5.41, 5.74) is 4.96. The van der Waals surface area contributed by atoms with E-state index in [2.05, 4.69) is 69.0 Å². The van der Waals surface area contributed by atoms with Gasteiger partial charge in [0.15, 0.2) is 0 Å². The topological polar surface area (TPSA) is 51.1 Å². The maximum atomic E-state index is 13.5. The number of aromatic nitrogens is 1. The number of rotatable bonds is 5. The molecular formula is C30H48N2O2S. The summed E-state index contributed by atoms with van der Waals surface area (Å²) < 4.78 is 32.1. The Hall–Kier alpha value is -1.59. The minimum atomic E-state index is -3.65. The molecule has 1 aromatic carbocycles.